The van der Waals surface area contributed by atoms with Gasteiger partial charge in [0.1, 0.15) is 13.2 Å². The third-order valence-corrected chi connectivity index (χ3v) is 6.61. The fourth-order valence-electron chi connectivity index (χ4n) is 4.20. The normalized spacial score (nSPS) is 11.0. The molecule has 0 saturated heterocycles. The van der Waals surface area contributed by atoms with Crippen molar-refractivity contribution in [1.82, 2.24) is 0 Å². The Hall–Kier alpha value is -1.59. The summed E-state index contributed by atoms with van der Waals surface area (Å²) in [6, 6.07) is 0. The first-order chi connectivity index (χ1) is 18.0. The molecule has 0 aliphatic carbocycles. The van der Waals surface area contributed by atoms with E-state index >= 15 is 0 Å². The van der Waals surface area contributed by atoms with E-state index in [-0.39, 0.29) is 31.1 Å². The Morgan fingerprint density at radius 1 is 0.432 bits per heavy atom. The van der Waals surface area contributed by atoms with E-state index < -0.39 is 6.10 Å². The first kappa shape index (κ1) is 35.4. The van der Waals surface area contributed by atoms with Gasteiger partial charge in [0.2, 0.25) is 0 Å². The molecule has 0 saturated carbocycles. The van der Waals surface area contributed by atoms with Gasteiger partial charge in [0.25, 0.3) is 0 Å². The van der Waals surface area contributed by atoms with Crippen LogP contribution in [0.15, 0.2) is 0 Å². The fraction of sp³-hybridized carbons (Fsp3) is 0.903. The molecule has 37 heavy (non-hydrogen) atoms. The van der Waals surface area contributed by atoms with E-state index in [1.165, 1.54) is 57.8 Å². The molecule has 0 N–H and O–H groups in total. The fourth-order valence-corrected chi connectivity index (χ4v) is 4.20. The number of esters is 3. The largest absolute Gasteiger partial charge is 0.462 e. The smallest absolute Gasteiger partial charge is 0.306 e. The minimum atomic E-state index is -0.751. The van der Waals surface area contributed by atoms with Crippen molar-refractivity contribution in [3.8, 4) is 0 Å². The number of unbranched alkanes of at least 4 members (excludes halogenated alkanes) is 16. The molecule has 0 aliphatic rings. The van der Waals surface area contributed by atoms with Crippen LogP contribution in [0.1, 0.15) is 162 Å². The van der Waals surface area contributed by atoms with E-state index in [0.717, 1.165) is 64.2 Å². The molecule has 6 nitrogen and oxygen atoms in total. The lowest BCUT2D eigenvalue weighted by atomic mass is 10.1. The predicted octanol–water partition coefficient (Wildman–Crippen LogP) is 8.63. The van der Waals surface area contributed by atoms with Crippen LogP contribution < -0.4 is 0 Å². The maximum atomic E-state index is 12.3. The molecule has 0 aromatic rings. The predicted molar refractivity (Wildman–Crippen MR) is 150 cm³/mol. The number of hydrogen-bond donors (Lipinski definition) is 0. The van der Waals surface area contributed by atoms with Gasteiger partial charge in [-0.2, -0.15) is 0 Å². The quantitative estimate of drug-likeness (QED) is 0.0605. The van der Waals surface area contributed by atoms with Crippen LogP contribution in [0.4, 0.5) is 0 Å². The summed E-state index contributed by atoms with van der Waals surface area (Å²) in [5.41, 5.74) is 0. The number of hydrogen-bond acceptors (Lipinski definition) is 6. The summed E-state index contributed by atoms with van der Waals surface area (Å²) in [6.45, 7) is 6.42. The van der Waals surface area contributed by atoms with E-state index in [1.807, 2.05) is 0 Å². The van der Waals surface area contributed by atoms with Crippen molar-refractivity contribution in [3.63, 3.8) is 0 Å². The molecule has 0 unspecified atom stereocenters. The standard InChI is InChI=1S/C31H58O6/c1-4-7-10-13-15-18-20-23-29(32)35-26-28(37-31(34)25-22-17-12-9-6-3)27-36-30(33)24-21-19-16-14-11-8-5-2/h28H,4-27H2,1-3H3. The maximum absolute atomic E-state index is 12.3. The van der Waals surface area contributed by atoms with Crippen molar-refractivity contribution < 1.29 is 28.6 Å². The Morgan fingerprint density at radius 3 is 1.08 bits per heavy atom. The van der Waals surface area contributed by atoms with Crippen molar-refractivity contribution in [2.24, 2.45) is 0 Å². The maximum Gasteiger partial charge on any atom is 0.306 e. The molecule has 0 aliphatic heterocycles. The van der Waals surface area contributed by atoms with Crippen LogP contribution in [-0.4, -0.2) is 37.2 Å². The van der Waals surface area contributed by atoms with Gasteiger partial charge < -0.3 is 14.2 Å². The summed E-state index contributed by atoms with van der Waals surface area (Å²) >= 11 is 0. The summed E-state index contributed by atoms with van der Waals surface area (Å²) in [5.74, 6) is -0.903. The lowest BCUT2D eigenvalue weighted by molar-refractivity contribution is -0.167. The number of rotatable bonds is 27. The molecule has 0 atom stereocenters. The molecule has 0 amide bonds. The van der Waals surface area contributed by atoms with Crippen LogP contribution >= 0.6 is 0 Å². The summed E-state index contributed by atoms with van der Waals surface area (Å²) in [7, 11) is 0. The number of ether oxygens (including phenoxy) is 3. The van der Waals surface area contributed by atoms with Crippen LogP contribution in [0.2, 0.25) is 0 Å². The second-order valence-corrected chi connectivity index (χ2v) is 10.4. The van der Waals surface area contributed by atoms with Gasteiger partial charge >= 0.3 is 17.9 Å². The van der Waals surface area contributed by atoms with Crippen LogP contribution in [0.25, 0.3) is 0 Å². The highest BCUT2D eigenvalue weighted by molar-refractivity contribution is 5.71. The minimum Gasteiger partial charge on any atom is -0.462 e. The molecule has 6 heteroatoms. The lowest BCUT2D eigenvalue weighted by Gasteiger charge is -2.18. The minimum absolute atomic E-state index is 0.0678. The van der Waals surface area contributed by atoms with Gasteiger partial charge in [0, 0.05) is 19.3 Å². The zero-order valence-electron chi connectivity index (χ0n) is 24.5. The highest BCUT2D eigenvalue weighted by atomic mass is 16.6. The zero-order valence-corrected chi connectivity index (χ0v) is 24.5. The van der Waals surface area contributed by atoms with E-state index in [1.54, 1.807) is 0 Å². The van der Waals surface area contributed by atoms with E-state index in [0.29, 0.717) is 19.3 Å². The Balaban J connectivity index is 4.33. The highest BCUT2D eigenvalue weighted by Gasteiger charge is 2.19. The van der Waals surface area contributed by atoms with Gasteiger partial charge in [0.05, 0.1) is 0 Å². The highest BCUT2D eigenvalue weighted by Crippen LogP contribution is 2.12. The molecule has 0 rings (SSSR count). The summed E-state index contributed by atoms with van der Waals surface area (Å²) in [4.78, 5) is 36.7. The van der Waals surface area contributed by atoms with Crippen LogP contribution in [0.5, 0.6) is 0 Å². The molecule has 218 valence electrons. The molecule has 0 fully saturated rings. The number of carbonyl (C=O) groups is 3. The van der Waals surface area contributed by atoms with Gasteiger partial charge in [-0.3, -0.25) is 14.4 Å². The molecule has 0 aromatic heterocycles. The summed E-state index contributed by atoms with van der Waals surface area (Å²) in [6.07, 6.45) is 21.4. The van der Waals surface area contributed by atoms with Crippen molar-refractivity contribution in [2.45, 2.75) is 168 Å². The van der Waals surface area contributed by atoms with E-state index in [2.05, 4.69) is 20.8 Å². The molecular formula is C31H58O6. The van der Waals surface area contributed by atoms with Crippen LogP contribution in [0.3, 0.4) is 0 Å². The van der Waals surface area contributed by atoms with Crippen LogP contribution in [-0.2, 0) is 28.6 Å². The second kappa shape index (κ2) is 27.4. The summed E-state index contributed by atoms with van der Waals surface area (Å²) in [5, 5.41) is 0. The molecule has 0 bridgehead atoms. The third kappa shape index (κ3) is 25.8. The van der Waals surface area contributed by atoms with Gasteiger partial charge in [-0.1, -0.05) is 124 Å². The van der Waals surface area contributed by atoms with Gasteiger partial charge in [0.15, 0.2) is 6.10 Å². The Bertz CT molecular complexity index is 514. The Labute approximate surface area is 228 Å². The van der Waals surface area contributed by atoms with Gasteiger partial charge in [-0.15, -0.1) is 0 Å². The molecule has 0 heterocycles. The average molecular weight is 527 g/mol. The molecule has 0 spiro atoms. The molecule has 0 aromatic carbocycles. The SMILES string of the molecule is CCCCCCCCCC(=O)OCC(COC(=O)CCCCCCCCC)OC(=O)CCCCCCC. The Kier molecular flexibility index (Phi) is 26.3. The van der Waals surface area contributed by atoms with Crippen molar-refractivity contribution >= 4 is 17.9 Å². The third-order valence-electron chi connectivity index (χ3n) is 6.61. The first-order valence-electron chi connectivity index (χ1n) is 15.5. The van der Waals surface area contributed by atoms with Gasteiger partial charge in [-0.25, -0.2) is 0 Å². The van der Waals surface area contributed by atoms with Crippen molar-refractivity contribution in [1.29, 1.82) is 0 Å². The summed E-state index contributed by atoms with van der Waals surface area (Å²) < 4.78 is 16.3. The van der Waals surface area contributed by atoms with Crippen molar-refractivity contribution in [2.75, 3.05) is 13.2 Å². The Morgan fingerprint density at radius 2 is 0.730 bits per heavy atom. The van der Waals surface area contributed by atoms with E-state index in [4.69, 9.17) is 14.2 Å². The first-order valence-corrected chi connectivity index (χ1v) is 15.5. The van der Waals surface area contributed by atoms with Crippen LogP contribution in [0, 0.1) is 0 Å². The zero-order chi connectivity index (χ0) is 27.4. The van der Waals surface area contributed by atoms with Crippen molar-refractivity contribution in [3.05, 3.63) is 0 Å². The average Bonchev–Trinajstić information content (AvgIpc) is 2.89. The van der Waals surface area contributed by atoms with Gasteiger partial charge in [-0.05, 0) is 19.3 Å². The second-order valence-electron chi connectivity index (χ2n) is 10.4. The number of carbonyl (C=O) groups excluding carboxylic acids is 3. The van der Waals surface area contributed by atoms with E-state index in [9.17, 15) is 14.4 Å². The monoisotopic (exact) mass is 526 g/mol. The molecular weight excluding hydrogens is 468 g/mol. The topological polar surface area (TPSA) is 78.9 Å². The molecule has 0 radical (unpaired) electrons. The lowest BCUT2D eigenvalue weighted by Crippen LogP contribution is -2.30.